The van der Waals surface area contributed by atoms with Crippen LogP contribution >= 0.6 is 0 Å². The number of ketones is 1. The molecule has 4 heterocycles. The molecule has 0 aliphatic carbocycles. The zero-order chi connectivity index (χ0) is 21.6. The number of nitrogens with zero attached hydrogens (tertiary/aromatic N) is 6. The standard InChI is InChI=1S/C20H20N6O4/c1-10-6-12(3)26-20(21-10)22-18(23-26)19(28)29-9-16(27)15-7-11(2)25(14(15)5)17-8-13(4)30-24-17/h6-8H,9H2,1-5H3. The molecule has 0 saturated heterocycles. The van der Waals surface area contributed by atoms with E-state index in [9.17, 15) is 9.59 Å². The Morgan fingerprint density at radius 3 is 2.50 bits per heavy atom. The first kappa shape index (κ1) is 19.5. The quantitative estimate of drug-likeness (QED) is 0.365. The molecule has 0 atom stereocenters. The second kappa shape index (κ2) is 7.21. The fourth-order valence-electron chi connectivity index (χ4n) is 3.38. The van der Waals surface area contributed by atoms with Crippen LogP contribution in [-0.2, 0) is 4.74 Å². The van der Waals surface area contributed by atoms with Crippen LogP contribution in [-0.4, -0.2) is 47.7 Å². The number of fused-ring (bicyclic) bond motifs is 1. The van der Waals surface area contributed by atoms with Crippen LogP contribution in [0.1, 0.15) is 49.5 Å². The molecule has 0 fully saturated rings. The lowest BCUT2D eigenvalue weighted by atomic mass is 10.1. The van der Waals surface area contributed by atoms with Gasteiger partial charge in [0.1, 0.15) is 5.76 Å². The second-order valence-corrected chi connectivity index (χ2v) is 7.10. The smallest absolute Gasteiger partial charge is 0.378 e. The van der Waals surface area contributed by atoms with Gasteiger partial charge in [0.2, 0.25) is 5.78 Å². The lowest BCUT2D eigenvalue weighted by molar-refractivity contribution is 0.0462. The molecule has 0 spiro atoms. The van der Waals surface area contributed by atoms with Gasteiger partial charge in [0.25, 0.3) is 11.6 Å². The van der Waals surface area contributed by atoms with Gasteiger partial charge in [0.05, 0.1) is 0 Å². The Kier molecular flexibility index (Phi) is 4.69. The summed E-state index contributed by atoms with van der Waals surface area (Å²) < 4.78 is 13.5. The number of carbonyl (C=O) groups is 2. The van der Waals surface area contributed by atoms with Crippen molar-refractivity contribution < 1.29 is 18.8 Å². The molecule has 30 heavy (non-hydrogen) atoms. The van der Waals surface area contributed by atoms with Gasteiger partial charge in [0.15, 0.2) is 12.4 Å². The molecule has 4 aromatic rings. The van der Waals surface area contributed by atoms with E-state index in [4.69, 9.17) is 9.26 Å². The Bertz CT molecular complexity index is 1300. The molecule has 4 aromatic heterocycles. The molecule has 0 aromatic carbocycles. The summed E-state index contributed by atoms with van der Waals surface area (Å²) in [4.78, 5) is 33.4. The lowest BCUT2D eigenvalue weighted by Crippen LogP contribution is -2.16. The third-order valence-electron chi connectivity index (χ3n) is 4.71. The molecular weight excluding hydrogens is 388 g/mol. The van der Waals surface area contributed by atoms with Crippen LogP contribution in [0.25, 0.3) is 11.6 Å². The minimum absolute atomic E-state index is 0.146. The summed E-state index contributed by atoms with van der Waals surface area (Å²) in [6.45, 7) is 8.68. The van der Waals surface area contributed by atoms with Crippen molar-refractivity contribution >= 4 is 17.5 Å². The first-order valence-electron chi connectivity index (χ1n) is 9.28. The van der Waals surface area contributed by atoms with Gasteiger partial charge in [-0.15, -0.1) is 5.10 Å². The van der Waals surface area contributed by atoms with E-state index in [0.717, 1.165) is 17.1 Å². The number of aryl methyl sites for hydroxylation is 4. The van der Waals surface area contributed by atoms with Crippen LogP contribution in [0.2, 0.25) is 0 Å². The Morgan fingerprint density at radius 1 is 1.03 bits per heavy atom. The van der Waals surface area contributed by atoms with Gasteiger partial charge >= 0.3 is 5.97 Å². The highest BCUT2D eigenvalue weighted by molar-refractivity contribution is 6.00. The minimum Gasteiger partial charge on any atom is -0.451 e. The maximum atomic E-state index is 12.7. The predicted octanol–water partition coefficient (Wildman–Crippen LogP) is 2.48. The number of ether oxygens (including phenoxy) is 1. The van der Waals surface area contributed by atoms with Crippen LogP contribution in [0.5, 0.6) is 0 Å². The first-order chi connectivity index (χ1) is 14.2. The molecule has 0 amide bonds. The van der Waals surface area contributed by atoms with Crippen molar-refractivity contribution in [2.75, 3.05) is 6.61 Å². The zero-order valence-corrected chi connectivity index (χ0v) is 17.3. The van der Waals surface area contributed by atoms with Gasteiger partial charge in [-0.1, -0.05) is 5.16 Å². The van der Waals surface area contributed by atoms with Crippen LogP contribution in [0, 0.1) is 34.6 Å². The summed E-state index contributed by atoms with van der Waals surface area (Å²) in [6, 6.07) is 5.34. The van der Waals surface area contributed by atoms with E-state index in [1.54, 1.807) is 26.0 Å². The van der Waals surface area contributed by atoms with Crippen molar-refractivity contribution in [1.82, 2.24) is 29.3 Å². The maximum Gasteiger partial charge on any atom is 0.378 e. The van der Waals surface area contributed by atoms with Crippen molar-refractivity contribution in [3.63, 3.8) is 0 Å². The van der Waals surface area contributed by atoms with E-state index >= 15 is 0 Å². The average molecular weight is 408 g/mol. The summed E-state index contributed by atoms with van der Waals surface area (Å²) in [7, 11) is 0. The van der Waals surface area contributed by atoms with Crippen molar-refractivity contribution in [3.8, 4) is 5.82 Å². The molecule has 154 valence electrons. The van der Waals surface area contributed by atoms with Gasteiger partial charge in [-0.3, -0.25) is 9.36 Å². The van der Waals surface area contributed by atoms with Crippen molar-refractivity contribution in [2.24, 2.45) is 0 Å². The highest BCUT2D eigenvalue weighted by atomic mass is 16.5. The monoisotopic (exact) mass is 408 g/mol. The second-order valence-electron chi connectivity index (χ2n) is 7.10. The molecule has 0 N–H and O–H groups in total. The highest BCUT2D eigenvalue weighted by Gasteiger charge is 2.22. The molecule has 0 bridgehead atoms. The number of Topliss-reactive ketones (excluding diaryl/α,β-unsaturated/α-hetero) is 1. The van der Waals surface area contributed by atoms with Gasteiger partial charge in [0, 0.05) is 34.4 Å². The number of esters is 1. The minimum atomic E-state index is -0.785. The largest absolute Gasteiger partial charge is 0.451 e. The molecule has 0 radical (unpaired) electrons. The Morgan fingerprint density at radius 2 is 1.80 bits per heavy atom. The van der Waals surface area contributed by atoms with Crippen molar-refractivity contribution in [2.45, 2.75) is 34.6 Å². The van der Waals surface area contributed by atoms with Gasteiger partial charge in [-0.2, -0.15) is 4.98 Å². The summed E-state index contributed by atoms with van der Waals surface area (Å²) >= 11 is 0. The molecular formula is C20H20N6O4. The molecule has 0 unspecified atom stereocenters. The molecule has 0 aliphatic heterocycles. The van der Waals surface area contributed by atoms with Gasteiger partial charge in [-0.05, 0) is 46.8 Å². The van der Waals surface area contributed by atoms with E-state index in [0.29, 0.717) is 28.6 Å². The SMILES string of the molecule is Cc1cc(C)n2nc(C(=O)OCC(=O)c3cc(C)n(-c4cc(C)on4)c3C)nc2n1. The third kappa shape index (κ3) is 3.36. The van der Waals surface area contributed by atoms with E-state index in [-0.39, 0.29) is 11.6 Å². The molecule has 10 heteroatoms. The Hall–Kier alpha value is -3.82. The van der Waals surface area contributed by atoms with Gasteiger partial charge in [-0.25, -0.2) is 14.3 Å². The lowest BCUT2D eigenvalue weighted by Gasteiger charge is -2.05. The van der Waals surface area contributed by atoms with E-state index < -0.39 is 12.6 Å². The van der Waals surface area contributed by atoms with Crippen molar-refractivity contribution in [3.05, 3.63) is 58.1 Å². The Labute approximate surface area is 171 Å². The van der Waals surface area contributed by atoms with Crippen molar-refractivity contribution in [1.29, 1.82) is 0 Å². The summed E-state index contributed by atoms with van der Waals surface area (Å²) in [5.74, 6) is 0.290. The average Bonchev–Trinajstić information content (AvgIpc) is 3.37. The first-order valence-corrected chi connectivity index (χ1v) is 9.28. The number of hydrogen-bond acceptors (Lipinski definition) is 8. The fraction of sp³-hybridized carbons (Fsp3) is 0.300. The highest BCUT2D eigenvalue weighted by Crippen LogP contribution is 2.21. The predicted molar refractivity (Wildman–Crippen MR) is 105 cm³/mol. The van der Waals surface area contributed by atoms with Crippen LogP contribution in [0.3, 0.4) is 0 Å². The molecule has 10 nitrogen and oxygen atoms in total. The topological polar surface area (TPSA) is 117 Å². The van der Waals surface area contributed by atoms with Gasteiger partial charge < -0.3 is 9.26 Å². The van der Waals surface area contributed by atoms with Crippen LogP contribution in [0.4, 0.5) is 0 Å². The van der Waals surface area contributed by atoms with E-state index in [1.165, 1.54) is 4.52 Å². The summed E-state index contributed by atoms with van der Waals surface area (Å²) in [6.07, 6.45) is 0. The number of rotatable bonds is 5. The number of carbonyl (C=O) groups excluding carboxylic acids is 2. The van der Waals surface area contributed by atoms with E-state index in [2.05, 4.69) is 20.2 Å². The normalized spacial score (nSPS) is 11.2. The van der Waals surface area contributed by atoms with E-state index in [1.807, 2.05) is 31.4 Å². The summed E-state index contributed by atoms with van der Waals surface area (Å²) in [5.41, 5.74) is 3.49. The summed E-state index contributed by atoms with van der Waals surface area (Å²) in [5, 5.41) is 8.11. The third-order valence-corrected chi connectivity index (χ3v) is 4.71. The molecule has 0 saturated carbocycles. The van der Waals surface area contributed by atoms with Crippen LogP contribution in [0.15, 0.2) is 22.7 Å². The molecule has 0 aliphatic rings. The number of hydrogen-bond donors (Lipinski definition) is 0. The fourth-order valence-corrected chi connectivity index (χ4v) is 3.38. The zero-order valence-electron chi connectivity index (χ0n) is 17.3. The Balaban J connectivity index is 1.51. The number of aromatic nitrogens is 6. The molecule has 4 rings (SSSR count). The maximum absolute atomic E-state index is 12.7. The van der Waals surface area contributed by atoms with Crippen LogP contribution < -0.4 is 0 Å².